The largest absolute Gasteiger partial charge is 0.298 e. The van der Waals surface area contributed by atoms with Crippen LogP contribution < -0.4 is 0 Å². The van der Waals surface area contributed by atoms with Crippen LogP contribution >= 0.6 is 0 Å². The van der Waals surface area contributed by atoms with Crippen LogP contribution in [-0.4, -0.2) is 21.5 Å². The summed E-state index contributed by atoms with van der Waals surface area (Å²) in [6.07, 6.45) is 0.813. The average Bonchev–Trinajstić information content (AvgIpc) is 2.65. The normalized spacial score (nSPS) is 10.1. The fraction of sp³-hybridized carbons (Fsp3) is 0.100. The molecule has 0 saturated carbocycles. The van der Waals surface area contributed by atoms with Crippen molar-refractivity contribution in [1.29, 1.82) is 0 Å². The summed E-state index contributed by atoms with van der Waals surface area (Å²) in [6, 6.07) is 7.14. The molecular formula is C10H9N3O. The smallest absolute Gasteiger partial charge is 0.181 e. The molecule has 4 nitrogen and oxygen atoms in total. The molecule has 0 bridgehead atoms. The molecule has 2 aromatic rings. The highest BCUT2D eigenvalue weighted by Gasteiger charge is 2.02. The van der Waals surface area contributed by atoms with Crippen LogP contribution in [0.2, 0.25) is 0 Å². The van der Waals surface area contributed by atoms with Crippen molar-refractivity contribution in [2.24, 2.45) is 0 Å². The number of carbonyl (C=O) groups is 1. The molecule has 0 radical (unpaired) electrons. The van der Waals surface area contributed by atoms with Gasteiger partial charge in [0.1, 0.15) is 12.1 Å². The summed E-state index contributed by atoms with van der Waals surface area (Å²) < 4.78 is 0. The summed E-state index contributed by atoms with van der Waals surface area (Å²) in [5, 5.41) is 6.78. The predicted octanol–water partition coefficient (Wildman–Crippen LogP) is 1.59. The second-order valence-corrected chi connectivity index (χ2v) is 2.98. The van der Waals surface area contributed by atoms with Crippen molar-refractivity contribution >= 4 is 6.29 Å². The minimum absolute atomic E-state index is 0.653. The molecule has 0 unspecified atom stereocenters. The first kappa shape index (κ1) is 8.62. The topological polar surface area (TPSA) is 58.6 Å². The van der Waals surface area contributed by atoms with Gasteiger partial charge in [0.25, 0.3) is 0 Å². The maximum absolute atomic E-state index is 10.4. The van der Waals surface area contributed by atoms with Gasteiger partial charge in [0, 0.05) is 11.1 Å². The predicted molar refractivity (Wildman–Crippen MR) is 51.9 cm³/mol. The molecule has 2 rings (SSSR count). The Balaban J connectivity index is 2.38. The van der Waals surface area contributed by atoms with Crippen molar-refractivity contribution < 1.29 is 4.79 Å². The van der Waals surface area contributed by atoms with Gasteiger partial charge in [-0.3, -0.25) is 9.89 Å². The molecule has 4 heteroatoms. The molecule has 1 aromatic carbocycles. The number of hydrogen-bond acceptors (Lipinski definition) is 3. The maximum Gasteiger partial charge on any atom is 0.181 e. The van der Waals surface area contributed by atoms with Crippen molar-refractivity contribution in [3.63, 3.8) is 0 Å². The second-order valence-electron chi connectivity index (χ2n) is 2.98. The summed E-state index contributed by atoms with van der Waals surface area (Å²) in [7, 11) is 0. The van der Waals surface area contributed by atoms with E-state index in [9.17, 15) is 4.79 Å². The summed E-state index contributed by atoms with van der Waals surface area (Å²) in [5.41, 5.74) is 1.56. The van der Waals surface area contributed by atoms with Gasteiger partial charge in [0.15, 0.2) is 5.82 Å². The maximum atomic E-state index is 10.4. The first-order valence-corrected chi connectivity index (χ1v) is 4.24. The van der Waals surface area contributed by atoms with Gasteiger partial charge in [0.2, 0.25) is 0 Å². The minimum atomic E-state index is 0.653. The van der Waals surface area contributed by atoms with E-state index in [4.69, 9.17) is 0 Å². The van der Waals surface area contributed by atoms with Crippen molar-refractivity contribution in [1.82, 2.24) is 15.2 Å². The second kappa shape index (κ2) is 3.41. The highest BCUT2D eigenvalue weighted by atomic mass is 16.1. The molecule has 0 aliphatic rings. The summed E-state index contributed by atoms with van der Waals surface area (Å²) >= 11 is 0. The Hall–Kier alpha value is -1.97. The Kier molecular flexibility index (Phi) is 2.10. The number of aryl methyl sites for hydroxylation is 1. The highest BCUT2D eigenvalue weighted by molar-refractivity contribution is 5.76. The molecule has 0 amide bonds. The van der Waals surface area contributed by atoms with E-state index in [1.54, 1.807) is 12.1 Å². The Bertz CT molecular complexity index is 445. The fourth-order valence-electron chi connectivity index (χ4n) is 1.18. The summed E-state index contributed by atoms with van der Waals surface area (Å²) in [6.45, 7) is 1.84. The van der Waals surface area contributed by atoms with E-state index in [0.717, 1.165) is 17.7 Å². The van der Waals surface area contributed by atoms with Gasteiger partial charge >= 0.3 is 0 Å². The third-order valence-electron chi connectivity index (χ3n) is 1.90. The van der Waals surface area contributed by atoms with Gasteiger partial charge < -0.3 is 0 Å². The van der Waals surface area contributed by atoms with Crippen LogP contribution in [0.3, 0.4) is 0 Å². The Morgan fingerprint density at radius 3 is 2.50 bits per heavy atom. The van der Waals surface area contributed by atoms with Crippen LogP contribution in [0.5, 0.6) is 0 Å². The molecule has 0 saturated heterocycles. The van der Waals surface area contributed by atoms with Crippen molar-refractivity contribution in [3.05, 3.63) is 35.7 Å². The third kappa shape index (κ3) is 1.54. The van der Waals surface area contributed by atoms with Crippen molar-refractivity contribution in [3.8, 4) is 11.4 Å². The Labute approximate surface area is 81.0 Å². The number of benzene rings is 1. The third-order valence-corrected chi connectivity index (χ3v) is 1.90. The molecule has 0 atom stereocenters. The van der Waals surface area contributed by atoms with E-state index >= 15 is 0 Å². The molecule has 70 valence electrons. The lowest BCUT2D eigenvalue weighted by Crippen LogP contribution is -1.83. The van der Waals surface area contributed by atoms with Gasteiger partial charge in [-0.1, -0.05) is 24.3 Å². The van der Waals surface area contributed by atoms with E-state index < -0.39 is 0 Å². The van der Waals surface area contributed by atoms with Crippen molar-refractivity contribution in [2.45, 2.75) is 6.92 Å². The molecule has 14 heavy (non-hydrogen) atoms. The number of rotatable bonds is 2. The monoisotopic (exact) mass is 187 g/mol. The van der Waals surface area contributed by atoms with Crippen LogP contribution in [-0.2, 0) is 0 Å². The van der Waals surface area contributed by atoms with Gasteiger partial charge in [-0.25, -0.2) is 4.98 Å². The molecule has 0 fully saturated rings. The lowest BCUT2D eigenvalue weighted by molar-refractivity contribution is 0.112. The molecule has 0 aliphatic carbocycles. The molecule has 0 spiro atoms. The number of aromatic nitrogens is 3. The summed E-state index contributed by atoms with van der Waals surface area (Å²) in [4.78, 5) is 14.6. The van der Waals surface area contributed by atoms with Gasteiger partial charge in [-0.15, -0.1) is 0 Å². The van der Waals surface area contributed by atoms with E-state index in [-0.39, 0.29) is 0 Å². The lowest BCUT2D eigenvalue weighted by atomic mass is 10.1. The average molecular weight is 187 g/mol. The first-order valence-electron chi connectivity index (χ1n) is 4.24. The number of hydrogen-bond donors (Lipinski definition) is 1. The van der Waals surface area contributed by atoms with Gasteiger partial charge in [-0.2, -0.15) is 5.10 Å². The first-order chi connectivity index (χ1) is 6.79. The van der Waals surface area contributed by atoms with Crippen LogP contribution in [0.15, 0.2) is 24.3 Å². The molecular weight excluding hydrogens is 178 g/mol. The lowest BCUT2D eigenvalue weighted by Gasteiger charge is -1.94. The zero-order valence-corrected chi connectivity index (χ0v) is 7.69. The SMILES string of the molecule is Cc1nc(-c2ccc(C=O)cc2)n[nH]1. The van der Waals surface area contributed by atoms with Crippen LogP contribution in [0.4, 0.5) is 0 Å². The van der Waals surface area contributed by atoms with Crippen LogP contribution in [0.25, 0.3) is 11.4 Å². The zero-order chi connectivity index (χ0) is 9.97. The molecule has 0 aliphatic heterocycles. The Morgan fingerprint density at radius 2 is 2.00 bits per heavy atom. The molecule has 1 N–H and O–H groups in total. The standard InChI is InChI=1S/C10H9N3O/c1-7-11-10(13-12-7)9-4-2-8(6-14)3-5-9/h2-6H,1H3,(H,11,12,13). The summed E-state index contributed by atoms with van der Waals surface area (Å²) in [5.74, 6) is 1.43. The van der Waals surface area contributed by atoms with Gasteiger partial charge in [-0.05, 0) is 6.92 Å². The molecule has 1 heterocycles. The highest BCUT2D eigenvalue weighted by Crippen LogP contribution is 2.14. The number of carbonyl (C=O) groups excluding carboxylic acids is 1. The number of H-pyrrole nitrogens is 1. The van der Waals surface area contributed by atoms with E-state index in [0.29, 0.717) is 11.4 Å². The number of aldehydes is 1. The van der Waals surface area contributed by atoms with Crippen LogP contribution in [0, 0.1) is 6.92 Å². The van der Waals surface area contributed by atoms with E-state index in [1.165, 1.54) is 0 Å². The van der Waals surface area contributed by atoms with E-state index in [1.807, 2.05) is 19.1 Å². The number of aromatic amines is 1. The number of nitrogens with zero attached hydrogens (tertiary/aromatic N) is 2. The van der Waals surface area contributed by atoms with Crippen LogP contribution in [0.1, 0.15) is 16.2 Å². The number of nitrogens with one attached hydrogen (secondary N) is 1. The van der Waals surface area contributed by atoms with Gasteiger partial charge in [0.05, 0.1) is 0 Å². The fourth-order valence-corrected chi connectivity index (χ4v) is 1.18. The van der Waals surface area contributed by atoms with E-state index in [2.05, 4.69) is 15.2 Å². The Morgan fingerprint density at radius 1 is 1.29 bits per heavy atom. The quantitative estimate of drug-likeness (QED) is 0.726. The zero-order valence-electron chi connectivity index (χ0n) is 7.69. The van der Waals surface area contributed by atoms with Crippen molar-refractivity contribution in [2.75, 3.05) is 0 Å². The minimum Gasteiger partial charge on any atom is -0.298 e. The molecule has 1 aromatic heterocycles.